The van der Waals surface area contributed by atoms with Gasteiger partial charge in [0.15, 0.2) is 0 Å². The van der Waals surface area contributed by atoms with E-state index >= 15 is 0 Å². The average molecular weight is 312 g/mol. The zero-order valence-corrected chi connectivity index (χ0v) is 14.1. The molecule has 0 saturated heterocycles. The van der Waals surface area contributed by atoms with E-state index in [1.54, 1.807) is 0 Å². The predicted octanol–water partition coefficient (Wildman–Crippen LogP) is 5.58. The van der Waals surface area contributed by atoms with Gasteiger partial charge in [0.05, 0.1) is 0 Å². The van der Waals surface area contributed by atoms with Gasteiger partial charge in [-0.25, -0.2) is 4.39 Å². The maximum atomic E-state index is 13.1. The second-order valence-corrected chi connectivity index (χ2v) is 6.37. The Morgan fingerprint density at radius 2 is 1.65 bits per heavy atom. The maximum absolute atomic E-state index is 13.1. The summed E-state index contributed by atoms with van der Waals surface area (Å²) in [5.74, 6) is 1.35. The van der Waals surface area contributed by atoms with Crippen molar-refractivity contribution in [1.29, 1.82) is 0 Å². The van der Waals surface area contributed by atoms with Crippen molar-refractivity contribution in [3.63, 3.8) is 0 Å². The Morgan fingerprint density at radius 3 is 2.17 bits per heavy atom. The van der Waals surface area contributed by atoms with Gasteiger partial charge in [-0.15, -0.1) is 0 Å². The van der Waals surface area contributed by atoms with Gasteiger partial charge < -0.3 is 4.74 Å². The SMILES string of the molecule is C=C[C@H](Oc1ccc(C)cc1)[C@@H](Cc1ccc(F)cc1)C(C)C. The van der Waals surface area contributed by atoms with Crippen LogP contribution >= 0.6 is 0 Å². The summed E-state index contributed by atoms with van der Waals surface area (Å²) in [6.07, 6.45) is 2.62. The third kappa shape index (κ3) is 4.95. The number of rotatable bonds is 7. The van der Waals surface area contributed by atoms with E-state index in [1.165, 1.54) is 17.7 Å². The topological polar surface area (TPSA) is 9.23 Å². The highest BCUT2D eigenvalue weighted by Crippen LogP contribution is 2.26. The van der Waals surface area contributed by atoms with E-state index in [0.717, 1.165) is 17.7 Å². The Labute approximate surface area is 138 Å². The molecule has 0 aromatic heterocycles. The number of ether oxygens (including phenoxy) is 1. The minimum Gasteiger partial charge on any atom is -0.486 e. The molecule has 0 aliphatic heterocycles. The lowest BCUT2D eigenvalue weighted by Gasteiger charge is -2.29. The van der Waals surface area contributed by atoms with Gasteiger partial charge >= 0.3 is 0 Å². The van der Waals surface area contributed by atoms with Crippen LogP contribution < -0.4 is 4.74 Å². The van der Waals surface area contributed by atoms with E-state index in [4.69, 9.17) is 4.74 Å². The maximum Gasteiger partial charge on any atom is 0.123 e. The summed E-state index contributed by atoms with van der Waals surface area (Å²) in [4.78, 5) is 0. The lowest BCUT2D eigenvalue weighted by Crippen LogP contribution is -2.30. The number of hydrogen-bond acceptors (Lipinski definition) is 1. The van der Waals surface area contributed by atoms with Crippen molar-refractivity contribution in [1.82, 2.24) is 0 Å². The van der Waals surface area contributed by atoms with Gasteiger partial charge in [-0.2, -0.15) is 0 Å². The molecule has 0 fully saturated rings. The van der Waals surface area contributed by atoms with E-state index in [9.17, 15) is 4.39 Å². The quantitative estimate of drug-likeness (QED) is 0.606. The van der Waals surface area contributed by atoms with Crippen molar-refractivity contribution < 1.29 is 9.13 Å². The minimum atomic E-state index is -0.203. The van der Waals surface area contributed by atoms with Crippen molar-refractivity contribution in [3.8, 4) is 5.75 Å². The first-order valence-electron chi connectivity index (χ1n) is 8.10. The number of aryl methyl sites for hydroxylation is 1. The molecule has 0 N–H and O–H groups in total. The molecule has 2 heteroatoms. The molecule has 122 valence electrons. The van der Waals surface area contributed by atoms with Gasteiger partial charge in [0, 0.05) is 5.92 Å². The zero-order valence-electron chi connectivity index (χ0n) is 14.1. The van der Waals surface area contributed by atoms with E-state index < -0.39 is 0 Å². The molecule has 0 unspecified atom stereocenters. The molecule has 2 aromatic carbocycles. The van der Waals surface area contributed by atoms with Crippen LogP contribution in [-0.4, -0.2) is 6.10 Å². The number of hydrogen-bond donors (Lipinski definition) is 0. The van der Waals surface area contributed by atoms with E-state index in [-0.39, 0.29) is 17.8 Å². The van der Waals surface area contributed by atoms with Gasteiger partial charge in [-0.1, -0.05) is 56.3 Å². The zero-order chi connectivity index (χ0) is 16.8. The van der Waals surface area contributed by atoms with Crippen LogP contribution in [0.4, 0.5) is 4.39 Å². The van der Waals surface area contributed by atoms with Gasteiger partial charge in [-0.05, 0) is 49.1 Å². The van der Waals surface area contributed by atoms with Crippen LogP contribution in [0.3, 0.4) is 0 Å². The number of halogens is 1. The van der Waals surface area contributed by atoms with Crippen molar-refractivity contribution in [2.75, 3.05) is 0 Å². The molecule has 1 nitrogen and oxygen atoms in total. The molecule has 0 aliphatic carbocycles. The normalized spacial score (nSPS) is 13.6. The lowest BCUT2D eigenvalue weighted by atomic mass is 9.84. The first-order chi connectivity index (χ1) is 11.0. The molecule has 0 heterocycles. The fourth-order valence-electron chi connectivity index (χ4n) is 2.71. The average Bonchev–Trinajstić information content (AvgIpc) is 2.54. The molecule has 0 saturated carbocycles. The van der Waals surface area contributed by atoms with Crippen LogP contribution in [0.25, 0.3) is 0 Å². The van der Waals surface area contributed by atoms with Gasteiger partial charge in [0.2, 0.25) is 0 Å². The Morgan fingerprint density at radius 1 is 1.04 bits per heavy atom. The van der Waals surface area contributed by atoms with Crippen LogP contribution in [0, 0.1) is 24.6 Å². The monoisotopic (exact) mass is 312 g/mol. The van der Waals surface area contributed by atoms with Crippen LogP contribution in [0.15, 0.2) is 61.2 Å². The molecule has 0 radical (unpaired) electrons. The summed E-state index contributed by atoms with van der Waals surface area (Å²) < 4.78 is 19.2. The van der Waals surface area contributed by atoms with Crippen LogP contribution in [-0.2, 0) is 6.42 Å². The van der Waals surface area contributed by atoms with Crippen molar-refractivity contribution >= 4 is 0 Å². The molecule has 0 spiro atoms. The summed E-state index contributed by atoms with van der Waals surface area (Å²) in [6, 6.07) is 14.8. The minimum absolute atomic E-state index is 0.0808. The molecular formula is C21H25FO. The highest BCUT2D eigenvalue weighted by molar-refractivity contribution is 5.27. The highest BCUT2D eigenvalue weighted by atomic mass is 19.1. The third-order valence-corrected chi connectivity index (χ3v) is 4.19. The fraction of sp³-hybridized carbons (Fsp3) is 0.333. The second-order valence-electron chi connectivity index (χ2n) is 6.37. The van der Waals surface area contributed by atoms with E-state index in [2.05, 4.69) is 27.4 Å². The van der Waals surface area contributed by atoms with Crippen LogP contribution in [0.5, 0.6) is 5.75 Å². The largest absolute Gasteiger partial charge is 0.486 e. The first kappa shape index (κ1) is 17.3. The van der Waals surface area contributed by atoms with Crippen LogP contribution in [0.1, 0.15) is 25.0 Å². The van der Waals surface area contributed by atoms with Crippen molar-refractivity contribution in [2.24, 2.45) is 11.8 Å². The molecule has 2 rings (SSSR count). The molecule has 2 atom stereocenters. The summed E-state index contributed by atoms with van der Waals surface area (Å²) in [5.41, 5.74) is 2.32. The van der Waals surface area contributed by atoms with E-state index in [0.29, 0.717) is 5.92 Å². The molecule has 0 aliphatic rings. The smallest absolute Gasteiger partial charge is 0.123 e. The van der Waals surface area contributed by atoms with Gasteiger partial charge in [0.25, 0.3) is 0 Å². The summed E-state index contributed by atoms with van der Waals surface area (Å²) in [6.45, 7) is 10.4. The first-order valence-corrected chi connectivity index (χ1v) is 8.10. The number of benzene rings is 2. The molecular weight excluding hydrogens is 287 g/mol. The molecule has 0 bridgehead atoms. The Bertz CT molecular complexity index is 613. The van der Waals surface area contributed by atoms with Crippen molar-refractivity contribution in [3.05, 3.63) is 78.1 Å². The summed E-state index contributed by atoms with van der Waals surface area (Å²) in [5, 5.41) is 0. The Kier molecular flexibility index (Phi) is 5.97. The fourth-order valence-corrected chi connectivity index (χ4v) is 2.71. The lowest BCUT2D eigenvalue weighted by molar-refractivity contribution is 0.144. The Hall–Kier alpha value is -2.09. The summed E-state index contributed by atoms with van der Waals surface area (Å²) >= 11 is 0. The molecule has 2 aromatic rings. The van der Waals surface area contributed by atoms with Gasteiger partial charge in [0.1, 0.15) is 17.7 Å². The second kappa shape index (κ2) is 7.96. The molecule has 23 heavy (non-hydrogen) atoms. The highest BCUT2D eigenvalue weighted by Gasteiger charge is 2.24. The molecule has 0 amide bonds. The van der Waals surface area contributed by atoms with Crippen LogP contribution in [0.2, 0.25) is 0 Å². The summed E-state index contributed by atoms with van der Waals surface area (Å²) in [7, 11) is 0. The third-order valence-electron chi connectivity index (χ3n) is 4.19. The standard InChI is InChI=1S/C21H25FO/c1-5-21(23-19-12-6-16(4)7-13-19)20(15(2)3)14-17-8-10-18(22)11-9-17/h5-13,15,20-21H,1,14H2,2-4H3/t20-,21-/m0/s1. The predicted molar refractivity (Wildman–Crippen MR) is 94.2 cm³/mol. The van der Waals surface area contributed by atoms with Gasteiger partial charge in [-0.3, -0.25) is 0 Å². The van der Waals surface area contributed by atoms with E-state index in [1.807, 2.05) is 42.5 Å². The van der Waals surface area contributed by atoms with Crippen molar-refractivity contribution in [2.45, 2.75) is 33.3 Å². The Balaban J connectivity index is 2.14.